The largest absolute Gasteiger partial charge is 0.463 e. The van der Waals surface area contributed by atoms with E-state index in [9.17, 15) is 9.59 Å². The van der Waals surface area contributed by atoms with E-state index < -0.39 is 6.04 Å². The second-order valence-corrected chi connectivity index (χ2v) is 7.46. The van der Waals surface area contributed by atoms with Crippen molar-refractivity contribution in [2.45, 2.75) is 26.4 Å². The highest BCUT2D eigenvalue weighted by molar-refractivity contribution is 7.80. The lowest BCUT2D eigenvalue weighted by atomic mass is 9.95. The molecule has 1 heterocycles. The first kappa shape index (κ1) is 22.3. The van der Waals surface area contributed by atoms with Crippen molar-refractivity contribution in [3.8, 4) is 0 Å². The number of thiocarbonyl (C=S) groups is 1. The first-order valence-electron chi connectivity index (χ1n) is 10.0. The molecule has 0 radical (unpaired) electrons. The third-order valence-electron chi connectivity index (χ3n) is 5.05. The minimum absolute atomic E-state index is 0.289. The molecule has 0 aliphatic carbocycles. The van der Waals surface area contributed by atoms with E-state index >= 15 is 0 Å². The van der Waals surface area contributed by atoms with E-state index in [1.807, 2.05) is 49.4 Å². The molecule has 0 bridgehead atoms. The van der Waals surface area contributed by atoms with Gasteiger partial charge in [-0.05, 0) is 49.3 Å². The van der Waals surface area contributed by atoms with Gasteiger partial charge < -0.3 is 25.6 Å². The third kappa shape index (κ3) is 5.40. The van der Waals surface area contributed by atoms with Crippen molar-refractivity contribution in [3.05, 3.63) is 77.0 Å². The SMILES string of the molecule is CCOC(=O)C1=C(C)N(C)C(=S)NC1c1ccc(NC(=O)NCc2ccccc2)cc1. The van der Waals surface area contributed by atoms with Crippen molar-refractivity contribution in [1.29, 1.82) is 0 Å². The average molecular weight is 439 g/mol. The molecule has 0 spiro atoms. The molecular formula is C23H26N4O3S. The summed E-state index contributed by atoms with van der Waals surface area (Å²) in [5.41, 5.74) is 3.76. The fraction of sp³-hybridized carbons (Fsp3) is 0.261. The van der Waals surface area contributed by atoms with E-state index in [2.05, 4.69) is 16.0 Å². The number of esters is 1. The molecule has 3 N–H and O–H groups in total. The lowest BCUT2D eigenvalue weighted by Gasteiger charge is -2.35. The van der Waals surface area contributed by atoms with Gasteiger partial charge in [0, 0.05) is 25.0 Å². The summed E-state index contributed by atoms with van der Waals surface area (Å²) in [6, 6.07) is 16.2. The molecule has 31 heavy (non-hydrogen) atoms. The Morgan fingerprint density at radius 3 is 2.45 bits per heavy atom. The number of urea groups is 1. The molecule has 2 amide bonds. The van der Waals surface area contributed by atoms with Gasteiger partial charge in [-0.25, -0.2) is 9.59 Å². The van der Waals surface area contributed by atoms with Crippen molar-refractivity contribution in [2.75, 3.05) is 19.0 Å². The number of ether oxygens (including phenoxy) is 1. The molecule has 162 valence electrons. The number of carbonyl (C=O) groups excluding carboxylic acids is 2. The number of nitrogens with zero attached hydrogens (tertiary/aromatic N) is 1. The molecule has 1 aliphatic rings. The molecule has 1 aliphatic heterocycles. The fourth-order valence-corrected chi connectivity index (χ4v) is 3.53. The van der Waals surface area contributed by atoms with Crippen LogP contribution in [-0.4, -0.2) is 35.7 Å². The summed E-state index contributed by atoms with van der Waals surface area (Å²) >= 11 is 5.40. The number of nitrogens with one attached hydrogen (secondary N) is 3. The van der Waals surface area contributed by atoms with Crippen LogP contribution in [0.5, 0.6) is 0 Å². The van der Waals surface area contributed by atoms with E-state index in [-0.39, 0.29) is 18.6 Å². The van der Waals surface area contributed by atoms with Crippen LogP contribution >= 0.6 is 12.2 Å². The quantitative estimate of drug-likeness (QED) is 0.471. The lowest BCUT2D eigenvalue weighted by Crippen LogP contribution is -2.46. The number of rotatable bonds is 6. The summed E-state index contributed by atoms with van der Waals surface area (Å²) in [6.07, 6.45) is 0. The molecule has 7 nitrogen and oxygen atoms in total. The molecule has 8 heteroatoms. The number of benzene rings is 2. The molecule has 2 aromatic rings. The Hall–Kier alpha value is -3.39. The van der Waals surface area contributed by atoms with Gasteiger partial charge in [0.05, 0.1) is 18.2 Å². The van der Waals surface area contributed by atoms with Gasteiger partial charge in [-0.15, -0.1) is 0 Å². The van der Waals surface area contributed by atoms with Crippen LogP contribution in [-0.2, 0) is 16.1 Å². The zero-order chi connectivity index (χ0) is 22.4. The average Bonchev–Trinajstić information content (AvgIpc) is 2.77. The number of amides is 2. The van der Waals surface area contributed by atoms with Crippen LogP contribution in [0.2, 0.25) is 0 Å². The number of hydrogen-bond donors (Lipinski definition) is 3. The van der Waals surface area contributed by atoms with Gasteiger partial charge in [-0.3, -0.25) is 0 Å². The second kappa shape index (κ2) is 10.1. The number of allylic oxidation sites excluding steroid dienone is 1. The Labute approximate surface area is 187 Å². The van der Waals surface area contributed by atoms with E-state index in [0.29, 0.717) is 22.9 Å². The minimum Gasteiger partial charge on any atom is -0.463 e. The molecule has 1 unspecified atom stereocenters. The maximum absolute atomic E-state index is 12.6. The van der Waals surface area contributed by atoms with E-state index in [1.54, 1.807) is 31.0 Å². The standard InChI is InChI=1S/C23H26N4O3S/c1-4-30-21(28)19-15(2)27(3)23(31)26-20(19)17-10-12-18(13-11-17)25-22(29)24-14-16-8-6-5-7-9-16/h5-13,20H,4,14H2,1-3H3,(H,26,31)(H2,24,25,29). The van der Waals surface area contributed by atoms with E-state index in [1.165, 1.54) is 0 Å². The third-order valence-corrected chi connectivity index (χ3v) is 5.44. The van der Waals surface area contributed by atoms with Crippen LogP contribution in [0.1, 0.15) is 31.0 Å². The van der Waals surface area contributed by atoms with Crippen molar-refractivity contribution in [1.82, 2.24) is 15.5 Å². The normalized spacial score (nSPS) is 15.9. The molecule has 0 aromatic heterocycles. The molecular weight excluding hydrogens is 412 g/mol. The van der Waals surface area contributed by atoms with Crippen molar-refractivity contribution >= 4 is 35.0 Å². The first-order valence-corrected chi connectivity index (χ1v) is 10.4. The van der Waals surface area contributed by atoms with Gasteiger partial charge in [0.1, 0.15) is 0 Å². The lowest BCUT2D eigenvalue weighted by molar-refractivity contribution is -0.139. The second-order valence-electron chi connectivity index (χ2n) is 7.08. The monoisotopic (exact) mass is 438 g/mol. The Kier molecular flexibility index (Phi) is 7.25. The number of hydrogen-bond acceptors (Lipinski definition) is 4. The van der Waals surface area contributed by atoms with Crippen molar-refractivity contribution in [3.63, 3.8) is 0 Å². The Morgan fingerprint density at radius 2 is 1.81 bits per heavy atom. The zero-order valence-electron chi connectivity index (χ0n) is 17.8. The maximum Gasteiger partial charge on any atom is 0.338 e. The predicted molar refractivity (Wildman–Crippen MR) is 124 cm³/mol. The fourth-order valence-electron chi connectivity index (χ4n) is 3.27. The highest BCUT2D eigenvalue weighted by Crippen LogP contribution is 2.31. The van der Waals surface area contributed by atoms with Crippen LogP contribution in [0.15, 0.2) is 65.9 Å². The first-order chi connectivity index (χ1) is 14.9. The molecule has 0 fully saturated rings. The summed E-state index contributed by atoms with van der Waals surface area (Å²) in [6.45, 7) is 4.35. The number of carbonyl (C=O) groups is 2. The van der Waals surface area contributed by atoms with Crippen LogP contribution in [0.3, 0.4) is 0 Å². The van der Waals surface area contributed by atoms with Crippen molar-refractivity contribution < 1.29 is 14.3 Å². The topological polar surface area (TPSA) is 82.7 Å². The Balaban J connectivity index is 1.71. The van der Waals surface area contributed by atoms with Gasteiger partial charge in [-0.1, -0.05) is 42.5 Å². The van der Waals surface area contributed by atoms with Gasteiger partial charge in [0.25, 0.3) is 0 Å². The van der Waals surface area contributed by atoms with Crippen LogP contribution in [0.4, 0.5) is 10.5 Å². The molecule has 0 saturated heterocycles. The summed E-state index contributed by atoms with van der Waals surface area (Å²) < 4.78 is 5.25. The number of anilines is 1. The van der Waals surface area contributed by atoms with Crippen LogP contribution in [0, 0.1) is 0 Å². The summed E-state index contributed by atoms with van der Waals surface area (Å²) in [5, 5.41) is 9.36. The molecule has 3 rings (SSSR count). The predicted octanol–water partition coefficient (Wildman–Crippen LogP) is 3.71. The van der Waals surface area contributed by atoms with Crippen LogP contribution in [0.25, 0.3) is 0 Å². The minimum atomic E-state index is -0.427. The smallest absolute Gasteiger partial charge is 0.338 e. The Bertz CT molecular complexity index is 990. The van der Waals surface area contributed by atoms with Gasteiger partial charge in [0.2, 0.25) is 0 Å². The summed E-state index contributed by atoms with van der Waals surface area (Å²) in [4.78, 5) is 26.5. The summed E-state index contributed by atoms with van der Waals surface area (Å²) in [7, 11) is 1.81. The summed E-state index contributed by atoms with van der Waals surface area (Å²) in [5.74, 6) is -0.380. The van der Waals surface area contributed by atoms with Gasteiger partial charge >= 0.3 is 12.0 Å². The Morgan fingerprint density at radius 1 is 1.13 bits per heavy atom. The van der Waals surface area contributed by atoms with E-state index in [4.69, 9.17) is 17.0 Å². The highest BCUT2D eigenvalue weighted by Gasteiger charge is 2.33. The van der Waals surface area contributed by atoms with Crippen LogP contribution < -0.4 is 16.0 Å². The zero-order valence-corrected chi connectivity index (χ0v) is 18.6. The van der Waals surface area contributed by atoms with Gasteiger partial charge in [0.15, 0.2) is 5.11 Å². The molecule has 2 aromatic carbocycles. The highest BCUT2D eigenvalue weighted by atomic mass is 32.1. The van der Waals surface area contributed by atoms with E-state index in [0.717, 1.165) is 16.8 Å². The maximum atomic E-state index is 12.6. The molecule has 0 saturated carbocycles. The van der Waals surface area contributed by atoms with Crippen molar-refractivity contribution in [2.24, 2.45) is 0 Å². The molecule has 1 atom stereocenters. The van der Waals surface area contributed by atoms with Gasteiger partial charge in [-0.2, -0.15) is 0 Å².